The Labute approximate surface area is 227 Å². The van der Waals surface area contributed by atoms with Gasteiger partial charge in [-0.15, -0.1) is 11.3 Å². The topological polar surface area (TPSA) is 97.8 Å². The van der Waals surface area contributed by atoms with Gasteiger partial charge in [0.05, 0.1) is 17.7 Å². The Hall–Kier alpha value is -3.72. The zero-order valence-corrected chi connectivity index (χ0v) is 22.7. The number of benzene rings is 2. The van der Waals surface area contributed by atoms with Gasteiger partial charge in [-0.25, -0.2) is 9.78 Å². The molecule has 38 heavy (non-hydrogen) atoms. The Bertz CT molecular complexity index is 1230. The third-order valence-corrected chi connectivity index (χ3v) is 7.30. The van der Waals surface area contributed by atoms with E-state index in [1.807, 2.05) is 49.1 Å². The summed E-state index contributed by atoms with van der Waals surface area (Å²) in [5.74, 6) is -0.0168. The van der Waals surface area contributed by atoms with Crippen LogP contribution in [0.1, 0.15) is 77.0 Å². The quantitative estimate of drug-likeness (QED) is 0.388. The number of ether oxygens (including phenoxy) is 2. The predicted molar refractivity (Wildman–Crippen MR) is 145 cm³/mol. The molecule has 1 saturated heterocycles. The molecule has 0 saturated carbocycles. The second kappa shape index (κ2) is 12.7. The van der Waals surface area contributed by atoms with Crippen molar-refractivity contribution >= 4 is 29.1 Å². The van der Waals surface area contributed by atoms with E-state index in [2.05, 4.69) is 10.3 Å². The van der Waals surface area contributed by atoms with E-state index >= 15 is 0 Å². The number of nitrogens with zero attached hydrogens (tertiary/aromatic N) is 2. The van der Waals surface area contributed by atoms with Crippen molar-refractivity contribution in [2.75, 3.05) is 19.7 Å². The Morgan fingerprint density at radius 2 is 1.74 bits per heavy atom. The number of hydrogen-bond acceptors (Lipinski definition) is 7. The zero-order valence-electron chi connectivity index (χ0n) is 21.9. The van der Waals surface area contributed by atoms with E-state index < -0.39 is 17.9 Å². The number of rotatable bonds is 9. The van der Waals surface area contributed by atoms with Crippen LogP contribution >= 0.6 is 11.3 Å². The molecular weight excluding hydrogens is 502 g/mol. The lowest BCUT2D eigenvalue weighted by atomic mass is 9.97. The van der Waals surface area contributed by atoms with Gasteiger partial charge < -0.3 is 19.7 Å². The van der Waals surface area contributed by atoms with E-state index in [0.29, 0.717) is 24.2 Å². The van der Waals surface area contributed by atoms with Crippen LogP contribution in [-0.2, 0) is 9.53 Å². The molecule has 8 nitrogen and oxygen atoms in total. The molecule has 2 heterocycles. The smallest absolute Gasteiger partial charge is 0.333 e. The first-order valence-corrected chi connectivity index (χ1v) is 13.8. The summed E-state index contributed by atoms with van der Waals surface area (Å²) in [6, 6.07) is 15.4. The Kier molecular flexibility index (Phi) is 9.12. The fraction of sp³-hybridized carbons (Fsp3) is 0.379. The lowest BCUT2D eigenvalue weighted by molar-refractivity contribution is -0.145. The molecule has 0 aliphatic carbocycles. The Balaban J connectivity index is 1.35. The molecule has 0 bridgehead atoms. The third kappa shape index (κ3) is 6.77. The van der Waals surface area contributed by atoms with E-state index in [9.17, 15) is 14.4 Å². The van der Waals surface area contributed by atoms with E-state index in [-0.39, 0.29) is 30.2 Å². The Morgan fingerprint density at radius 3 is 2.37 bits per heavy atom. The summed E-state index contributed by atoms with van der Waals surface area (Å²) < 4.78 is 10.8. The molecule has 1 fully saturated rings. The molecule has 9 heteroatoms. The summed E-state index contributed by atoms with van der Waals surface area (Å²) in [5, 5.41) is 5.36. The molecule has 1 unspecified atom stereocenters. The highest BCUT2D eigenvalue weighted by atomic mass is 32.1. The van der Waals surface area contributed by atoms with Crippen LogP contribution in [0.4, 0.5) is 0 Å². The van der Waals surface area contributed by atoms with Gasteiger partial charge in [0, 0.05) is 30.0 Å². The molecule has 2 amide bonds. The van der Waals surface area contributed by atoms with Crippen LogP contribution in [0.2, 0.25) is 0 Å². The molecular formula is C29H33N3O5S. The minimum Gasteiger partial charge on any atom is -0.491 e. The number of nitrogens with one attached hydrogen (secondary N) is 1. The summed E-state index contributed by atoms with van der Waals surface area (Å²) in [5.41, 5.74) is 1.56. The van der Waals surface area contributed by atoms with Crippen molar-refractivity contribution in [1.82, 2.24) is 15.2 Å². The van der Waals surface area contributed by atoms with Crippen LogP contribution in [0, 0.1) is 0 Å². The minimum atomic E-state index is -0.908. The first-order chi connectivity index (χ1) is 18.4. The molecule has 0 radical (unpaired) electrons. The summed E-state index contributed by atoms with van der Waals surface area (Å²) in [6.07, 6.45) is 1.62. The van der Waals surface area contributed by atoms with Crippen molar-refractivity contribution < 1.29 is 23.9 Å². The molecule has 1 N–H and O–H groups in total. The van der Waals surface area contributed by atoms with Crippen molar-refractivity contribution in [3.05, 3.63) is 81.8 Å². The second-order valence-electron chi connectivity index (χ2n) is 9.40. The van der Waals surface area contributed by atoms with Gasteiger partial charge in [0.1, 0.15) is 11.4 Å². The van der Waals surface area contributed by atoms with E-state index in [0.717, 1.165) is 23.6 Å². The number of piperidine rings is 1. The number of amides is 2. The highest BCUT2D eigenvalue weighted by Crippen LogP contribution is 2.31. The summed E-state index contributed by atoms with van der Waals surface area (Å²) in [4.78, 5) is 44.9. The molecule has 1 aliphatic heterocycles. The molecule has 1 atom stereocenters. The van der Waals surface area contributed by atoms with Crippen LogP contribution in [0.3, 0.4) is 0 Å². The van der Waals surface area contributed by atoms with Crippen molar-refractivity contribution in [3.63, 3.8) is 0 Å². The molecule has 1 aromatic heterocycles. The molecule has 4 rings (SSSR count). The fourth-order valence-electron chi connectivity index (χ4n) is 4.39. The number of hydrogen-bond donors (Lipinski definition) is 1. The number of esters is 1. The van der Waals surface area contributed by atoms with Crippen LogP contribution < -0.4 is 10.1 Å². The van der Waals surface area contributed by atoms with E-state index in [4.69, 9.17) is 9.47 Å². The highest BCUT2D eigenvalue weighted by molar-refractivity contribution is 7.09. The molecule has 1 aliphatic rings. The van der Waals surface area contributed by atoms with Gasteiger partial charge in [-0.3, -0.25) is 9.59 Å². The van der Waals surface area contributed by atoms with Crippen LogP contribution in [-0.4, -0.2) is 53.5 Å². The lowest BCUT2D eigenvalue weighted by Crippen LogP contribution is -2.38. The predicted octanol–water partition coefficient (Wildman–Crippen LogP) is 4.98. The second-order valence-corrected chi connectivity index (χ2v) is 10.3. The van der Waals surface area contributed by atoms with Crippen LogP contribution in [0.25, 0.3) is 0 Å². The number of thiazole rings is 1. The summed E-state index contributed by atoms with van der Waals surface area (Å²) >= 11 is 1.43. The van der Waals surface area contributed by atoms with Gasteiger partial charge in [0.2, 0.25) is 0 Å². The maximum atomic E-state index is 13.0. The number of carbonyl (C=O) groups excluding carboxylic acids is 3. The molecule has 200 valence electrons. The third-order valence-electron chi connectivity index (χ3n) is 6.29. The van der Waals surface area contributed by atoms with Crippen LogP contribution in [0.5, 0.6) is 5.75 Å². The van der Waals surface area contributed by atoms with Crippen molar-refractivity contribution in [2.45, 2.75) is 51.7 Å². The lowest BCUT2D eigenvalue weighted by Gasteiger charge is -2.31. The molecule has 0 spiro atoms. The first kappa shape index (κ1) is 27.3. The van der Waals surface area contributed by atoms with Gasteiger partial charge in [0.25, 0.3) is 11.8 Å². The normalized spacial score (nSPS) is 14.7. The maximum absolute atomic E-state index is 13.0. The SMILES string of the molecule is CCOC(=O)C(NC(=O)c1csc(C2CCN(C(=O)c3ccc(OC(C)C)cc3)CC2)n1)c1ccccc1. The van der Waals surface area contributed by atoms with Crippen molar-refractivity contribution in [1.29, 1.82) is 0 Å². The molecule has 2 aromatic carbocycles. The zero-order chi connectivity index (χ0) is 27.1. The standard InChI is InChI=1S/C29H33N3O5S/c1-4-36-29(35)25(20-8-6-5-7-9-20)31-26(33)24-18-38-27(30-24)21-14-16-32(17-15-21)28(34)22-10-12-23(13-11-22)37-19(2)3/h5-13,18-19,21,25H,4,14-17H2,1-3H3,(H,31,33). The monoisotopic (exact) mass is 535 g/mol. The van der Waals surface area contributed by atoms with Crippen molar-refractivity contribution in [2.24, 2.45) is 0 Å². The van der Waals surface area contributed by atoms with Crippen LogP contribution in [0.15, 0.2) is 60.0 Å². The van der Waals surface area contributed by atoms with Gasteiger partial charge in [-0.1, -0.05) is 30.3 Å². The van der Waals surface area contributed by atoms with E-state index in [1.54, 1.807) is 36.6 Å². The average Bonchev–Trinajstić information content (AvgIpc) is 3.43. The number of likely N-dealkylation sites (tertiary alicyclic amines) is 1. The minimum absolute atomic E-state index is 0.00433. The number of carbonyl (C=O) groups is 3. The highest BCUT2D eigenvalue weighted by Gasteiger charge is 2.29. The summed E-state index contributed by atoms with van der Waals surface area (Å²) in [6.45, 7) is 7.11. The largest absolute Gasteiger partial charge is 0.491 e. The van der Waals surface area contributed by atoms with Gasteiger partial charge >= 0.3 is 5.97 Å². The van der Waals surface area contributed by atoms with Gasteiger partial charge in [0.15, 0.2) is 6.04 Å². The first-order valence-electron chi connectivity index (χ1n) is 12.9. The Morgan fingerprint density at radius 1 is 1.05 bits per heavy atom. The average molecular weight is 536 g/mol. The van der Waals surface area contributed by atoms with Gasteiger partial charge in [-0.05, 0) is 63.4 Å². The summed E-state index contributed by atoms with van der Waals surface area (Å²) in [7, 11) is 0. The van der Waals surface area contributed by atoms with Gasteiger partial charge in [-0.2, -0.15) is 0 Å². The molecule has 3 aromatic rings. The van der Waals surface area contributed by atoms with Crippen molar-refractivity contribution in [3.8, 4) is 5.75 Å². The number of aromatic nitrogens is 1. The maximum Gasteiger partial charge on any atom is 0.333 e. The fourth-order valence-corrected chi connectivity index (χ4v) is 5.37. The van der Waals surface area contributed by atoms with E-state index in [1.165, 1.54) is 11.3 Å².